The van der Waals surface area contributed by atoms with Crippen LogP contribution in [0.25, 0.3) is 0 Å². The first kappa shape index (κ1) is 20.1. The Morgan fingerprint density at radius 1 is 0.952 bits per heavy atom. The van der Waals surface area contributed by atoms with Crippen molar-refractivity contribution in [2.24, 2.45) is 0 Å². The lowest BCUT2D eigenvalue weighted by molar-refractivity contribution is -0.136. The van der Waals surface area contributed by atoms with E-state index in [2.05, 4.69) is 19.2 Å². The summed E-state index contributed by atoms with van der Waals surface area (Å²) in [5.41, 5.74) is -1.21. The molecule has 0 aliphatic rings. The molecule has 4 heteroatoms. The summed E-state index contributed by atoms with van der Waals surface area (Å²) in [4.78, 5) is 23.4. The summed E-state index contributed by atoms with van der Waals surface area (Å²) < 4.78 is 0. The summed E-state index contributed by atoms with van der Waals surface area (Å²) in [6.45, 7) is 6.31. The molecule has 1 atom stereocenters. The van der Waals surface area contributed by atoms with Crippen LogP contribution in [0, 0.1) is 0 Å². The molecule has 0 heterocycles. The number of ketones is 1. The van der Waals surface area contributed by atoms with Crippen LogP contribution in [-0.2, 0) is 9.59 Å². The average molecular weight is 299 g/mol. The lowest BCUT2D eigenvalue weighted by Gasteiger charge is -2.21. The third-order valence-corrected chi connectivity index (χ3v) is 3.78. The van der Waals surface area contributed by atoms with Gasteiger partial charge in [0.25, 0.3) is 0 Å². The topological polar surface area (TPSA) is 66.4 Å². The normalized spacial score (nSPS) is 13.7. The minimum Gasteiger partial charge on any atom is -0.382 e. The summed E-state index contributed by atoms with van der Waals surface area (Å²) in [7, 11) is 0. The van der Waals surface area contributed by atoms with Gasteiger partial charge in [-0.3, -0.25) is 9.59 Å². The van der Waals surface area contributed by atoms with Crippen molar-refractivity contribution in [3.63, 3.8) is 0 Å². The van der Waals surface area contributed by atoms with Crippen LogP contribution in [0.5, 0.6) is 0 Å². The Balaban J connectivity index is 3.78. The molecule has 0 radical (unpaired) electrons. The molecule has 4 nitrogen and oxygen atoms in total. The first-order valence-electron chi connectivity index (χ1n) is 8.46. The smallest absolute Gasteiger partial charge is 0.219 e. The van der Waals surface area contributed by atoms with Crippen LogP contribution in [0.3, 0.4) is 0 Å². The van der Waals surface area contributed by atoms with Gasteiger partial charge < -0.3 is 10.4 Å². The second-order valence-electron chi connectivity index (χ2n) is 6.06. The van der Waals surface area contributed by atoms with Crippen LogP contribution in [-0.4, -0.2) is 28.9 Å². The number of carbonyl (C=O) groups is 2. The zero-order chi connectivity index (χ0) is 16.1. The molecule has 21 heavy (non-hydrogen) atoms. The largest absolute Gasteiger partial charge is 0.382 e. The monoisotopic (exact) mass is 299 g/mol. The van der Waals surface area contributed by atoms with E-state index in [9.17, 15) is 14.7 Å². The van der Waals surface area contributed by atoms with E-state index < -0.39 is 5.60 Å². The number of hydrogen-bond donors (Lipinski definition) is 2. The number of Topliss-reactive ketones (excluding diaryl/α,β-unsaturated/α-hetero) is 1. The van der Waals surface area contributed by atoms with Crippen molar-refractivity contribution >= 4 is 11.7 Å². The van der Waals surface area contributed by atoms with Crippen LogP contribution in [0.4, 0.5) is 0 Å². The van der Waals surface area contributed by atoms with Crippen molar-refractivity contribution in [3.05, 3.63) is 0 Å². The third kappa shape index (κ3) is 10.5. The predicted octanol–water partition coefficient (Wildman–Crippen LogP) is 3.36. The number of unbranched alkanes of at least 4 members (excludes halogenated alkanes) is 4. The molecule has 0 saturated carbocycles. The minimum atomic E-state index is -1.21. The van der Waals surface area contributed by atoms with Gasteiger partial charge >= 0.3 is 0 Å². The molecule has 0 bridgehead atoms. The van der Waals surface area contributed by atoms with E-state index in [4.69, 9.17) is 0 Å². The summed E-state index contributed by atoms with van der Waals surface area (Å²) in [5, 5.41) is 13.0. The Morgan fingerprint density at radius 2 is 1.62 bits per heavy atom. The van der Waals surface area contributed by atoms with Crippen LogP contribution >= 0.6 is 0 Å². The maximum Gasteiger partial charge on any atom is 0.219 e. The number of aliphatic hydroxyl groups is 1. The fourth-order valence-corrected chi connectivity index (χ4v) is 2.21. The van der Waals surface area contributed by atoms with Gasteiger partial charge in [-0.1, -0.05) is 46.0 Å². The number of hydrogen-bond acceptors (Lipinski definition) is 3. The molecule has 0 aliphatic heterocycles. The molecular formula is C17H33NO3. The highest BCUT2D eigenvalue weighted by Gasteiger charge is 2.28. The number of amides is 1. The van der Waals surface area contributed by atoms with Crippen molar-refractivity contribution in [1.29, 1.82) is 0 Å². The van der Waals surface area contributed by atoms with Crippen LogP contribution in [0.15, 0.2) is 0 Å². The molecule has 0 aromatic carbocycles. The molecular weight excluding hydrogens is 266 g/mol. The number of rotatable bonds is 13. The van der Waals surface area contributed by atoms with Gasteiger partial charge in [-0.15, -0.1) is 0 Å². The van der Waals surface area contributed by atoms with Crippen molar-refractivity contribution in [1.82, 2.24) is 5.32 Å². The summed E-state index contributed by atoms with van der Waals surface area (Å²) in [5.74, 6) is -0.0579. The SMILES string of the molecule is CCCCCCC(C)(O)C(=O)CCCNC(=O)CCCC. The van der Waals surface area contributed by atoms with Gasteiger partial charge in [-0.05, 0) is 26.2 Å². The van der Waals surface area contributed by atoms with Crippen molar-refractivity contribution in [2.45, 2.75) is 90.6 Å². The highest BCUT2D eigenvalue weighted by atomic mass is 16.3. The van der Waals surface area contributed by atoms with E-state index >= 15 is 0 Å². The molecule has 124 valence electrons. The van der Waals surface area contributed by atoms with Crippen molar-refractivity contribution in [3.8, 4) is 0 Å². The van der Waals surface area contributed by atoms with Gasteiger partial charge in [0.1, 0.15) is 5.60 Å². The van der Waals surface area contributed by atoms with Crippen LogP contribution in [0.1, 0.15) is 85.0 Å². The molecule has 0 aliphatic carbocycles. The highest BCUT2D eigenvalue weighted by molar-refractivity contribution is 5.86. The van der Waals surface area contributed by atoms with Crippen LogP contribution < -0.4 is 5.32 Å². The first-order chi connectivity index (χ1) is 9.94. The molecule has 0 fully saturated rings. The van der Waals surface area contributed by atoms with Gasteiger partial charge in [-0.2, -0.15) is 0 Å². The Hall–Kier alpha value is -0.900. The Labute approximate surface area is 129 Å². The Morgan fingerprint density at radius 3 is 2.24 bits per heavy atom. The maximum atomic E-state index is 12.0. The quantitative estimate of drug-likeness (QED) is 0.512. The van der Waals surface area contributed by atoms with E-state index in [0.717, 1.165) is 38.5 Å². The van der Waals surface area contributed by atoms with Crippen molar-refractivity contribution < 1.29 is 14.7 Å². The van der Waals surface area contributed by atoms with Gasteiger partial charge in [0.05, 0.1) is 0 Å². The number of carbonyl (C=O) groups excluding carboxylic acids is 2. The van der Waals surface area contributed by atoms with E-state index in [1.807, 2.05) is 0 Å². The molecule has 2 N–H and O–H groups in total. The second kappa shape index (κ2) is 11.7. The van der Waals surface area contributed by atoms with Gasteiger partial charge in [0.15, 0.2) is 5.78 Å². The fourth-order valence-electron chi connectivity index (χ4n) is 2.21. The van der Waals surface area contributed by atoms with E-state index in [-0.39, 0.29) is 11.7 Å². The van der Waals surface area contributed by atoms with E-state index in [1.165, 1.54) is 0 Å². The van der Waals surface area contributed by atoms with E-state index in [1.54, 1.807) is 6.92 Å². The zero-order valence-electron chi connectivity index (χ0n) is 14.0. The van der Waals surface area contributed by atoms with Gasteiger partial charge in [0.2, 0.25) is 5.91 Å². The summed E-state index contributed by atoms with van der Waals surface area (Å²) in [6, 6.07) is 0. The van der Waals surface area contributed by atoms with Gasteiger partial charge in [-0.25, -0.2) is 0 Å². The second-order valence-corrected chi connectivity index (χ2v) is 6.06. The third-order valence-electron chi connectivity index (χ3n) is 3.78. The molecule has 0 saturated heterocycles. The Kier molecular flexibility index (Phi) is 11.2. The standard InChI is InChI=1S/C17H33NO3/c1-4-6-8-9-13-17(3,21)15(19)11-10-14-18-16(20)12-7-5-2/h21H,4-14H2,1-3H3,(H,18,20). The van der Waals surface area contributed by atoms with E-state index in [0.29, 0.717) is 32.2 Å². The molecule has 0 aromatic rings. The summed E-state index contributed by atoms with van der Waals surface area (Å²) >= 11 is 0. The highest BCUT2D eigenvalue weighted by Crippen LogP contribution is 2.18. The molecule has 0 rings (SSSR count). The lowest BCUT2D eigenvalue weighted by Crippen LogP contribution is -2.35. The average Bonchev–Trinajstić information content (AvgIpc) is 2.45. The maximum absolute atomic E-state index is 12.0. The molecule has 0 aromatic heterocycles. The first-order valence-corrected chi connectivity index (χ1v) is 8.46. The number of nitrogens with one attached hydrogen (secondary N) is 1. The fraction of sp³-hybridized carbons (Fsp3) is 0.882. The summed E-state index contributed by atoms with van der Waals surface area (Å²) in [6.07, 6.45) is 8.17. The molecule has 1 amide bonds. The van der Waals surface area contributed by atoms with Crippen molar-refractivity contribution in [2.75, 3.05) is 6.54 Å². The molecule has 0 spiro atoms. The minimum absolute atomic E-state index is 0.0515. The zero-order valence-corrected chi connectivity index (χ0v) is 14.0. The van der Waals surface area contributed by atoms with Crippen LogP contribution in [0.2, 0.25) is 0 Å². The predicted molar refractivity (Wildman–Crippen MR) is 86.2 cm³/mol. The lowest BCUT2D eigenvalue weighted by atomic mass is 9.91. The molecule has 1 unspecified atom stereocenters. The van der Waals surface area contributed by atoms with Gasteiger partial charge in [0, 0.05) is 19.4 Å². The Bertz CT molecular complexity index is 300.